The number of halogens is 1. The molecule has 4 heteroatoms. The molecule has 0 aliphatic heterocycles. The fourth-order valence-corrected chi connectivity index (χ4v) is 3.39. The summed E-state index contributed by atoms with van der Waals surface area (Å²) in [4.78, 5) is 4.56. The van der Waals surface area contributed by atoms with E-state index >= 15 is 0 Å². The Bertz CT molecular complexity index is 841. The van der Waals surface area contributed by atoms with Gasteiger partial charge in [0.2, 0.25) is 0 Å². The minimum absolute atomic E-state index is 0.0463. The summed E-state index contributed by atoms with van der Waals surface area (Å²) in [5.74, 6) is -0.204. The summed E-state index contributed by atoms with van der Waals surface area (Å²) in [5, 5.41) is 3.69. The van der Waals surface area contributed by atoms with Crippen molar-refractivity contribution >= 4 is 0 Å². The number of rotatable bonds is 8. The molecule has 1 heterocycles. The number of nitrogens with one attached hydrogen (secondary N) is 1. The highest BCUT2D eigenvalue weighted by Gasteiger charge is 2.32. The van der Waals surface area contributed by atoms with Gasteiger partial charge in [-0.25, -0.2) is 4.39 Å². The molecular weight excluding hydrogens is 339 g/mol. The van der Waals surface area contributed by atoms with Crippen LogP contribution in [-0.4, -0.2) is 18.7 Å². The van der Waals surface area contributed by atoms with Crippen LogP contribution in [0.4, 0.5) is 4.39 Å². The number of hydrogen-bond acceptors (Lipinski definition) is 3. The van der Waals surface area contributed by atoms with E-state index in [1.807, 2.05) is 48.5 Å². The SMILES string of the molecule is COC[C@@H](N[C@@](C)(Cc1ccccc1F)c1ccccn1)c1ccccc1. The second kappa shape index (κ2) is 8.89. The number of methoxy groups -OCH3 is 1. The van der Waals surface area contributed by atoms with Gasteiger partial charge in [-0.1, -0.05) is 54.6 Å². The summed E-state index contributed by atoms with van der Waals surface area (Å²) in [6.07, 6.45) is 2.24. The van der Waals surface area contributed by atoms with Crippen molar-refractivity contribution in [1.29, 1.82) is 0 Å². The van der Waals surface area contributed by atoms with Gasteiger partial charge in [0.15, 0.2) is 0 Å². The third kappa shape index (κ3) is 4.79. The van der Waals surface area contributed by atoms with Crippen LogP contribution in [0.25, 0.3) is 0 Å². The lowest BCUT2D eigenvalue weighted by Crippen LogP contribution is -2.45. The lowest BCUT2D eigenvalue weighted by Gasteiger charge is -2.35. The van der Waals surface area contributed by atoms with E-state index in [-0.39, 0.29) is 11.9 Å². The monoisotopic (exact) mass is 364 g/mol. The average Bonchev–Trinajstić information content (AvgIpc) is 2.71. The van der Waals surface area contributed by atoms with Crippen LogP contribution in [0.5, 0.6) is 0 Å². The first-order valence-corrected chi connectivity index (χ1v) is 9.09. The standard InChI is InChI=1S/C23H25FN2O/c1-23(22-14-8-9-15-25-22,16-19-12-6-7-13-20(19)24)26-21(17-27-2)18-10-4-3-5-11-18/h3-15,21,26H,16-17H2,1-2H3/t21-,23+/m1/s1. The number of pyridine rings is 1. The van der Waals surface area contributed by atoms with Gasteiger partial charge in [0, 0.05) is 13.3 Å². The first-order valence-electron chi connectivity index (χ1n) is 9.09. The zero-order valence-corrected chi connectivity index (χ0v) is 15.7. The minimum Gasteiger partial charge on any atom is -0.383 e. The predicted molar refractivity (Wildman–Crippen MR) is 106 cm³/mol. The Balaban J connectivity index is 1.97. The number of hydrogen-bond donors (Lipinski definition) is 1. The molecule has 1 aromatic heterocycles. The van der Waals surface area contributed by atoms with Crippen molar-refractivity contribution in [3.05, 3.63) is 102 Å². The van der Waals surface area contributed by atoms with Crippen LogP contribution in [0.1, 0.15) is 29.8 Å². The highest BCUT2D eigenvalue weighted by Crippen LogP contribution is 2.29. The molecule has 3 rings (SSSR count). The Hall–Kier alpha value is -2.56. The molecule has 0 spiro atoms. The predicted octanol–water partition coefficient (Wildman–Crippen LogP) is 4.66. The summed E-state index contributed by atoms with van der Waals surface area (Å²) in [6, 6.07) is 22.8. The van der Waals surface area contributed by atoms with E-state index in [1.165, 1.54) is 6.07 Å². The third-order valence-corrected chi connectivity index (χ3v) is 4.76. The minimum atomic E-state index is -0.567. The molecular formula is C23H25FN2O. The van der Waals surface area contributed by atoms with Crippen molar-refractivity contribution in [3.63, 3.8) is 0 Å². The Morgan fingerprint density at radius 2 is 1.70 bits per heavy atom. The fourth-order valence-electron chi connectivity index (χ4n) is 3.39. The molecule has 0 unspecified atom stereocenters. The topological polar surface area (TPSA) is 34.1 Å². The second-order valence-electron chi connectivity index (χ2n) is 6.88. The van der Waals surface area contributed by atoms with Crippen molar-refractivity contribution in [3.8, 4) is 0 Å². The van der Waals surface area contributed by atoms with Crippen LogP contribution < -0.4 is 5.32 Å². The molecule has 0 radical (unpaired) electrons. The van der Waals surface area contributed by atoms with Gasteiger partial charge in [0.25, 0.3) is 0 Å². The molecule has 0 aliphatic carbocycles. The quantitative estimate of drug-likeness (QED) is 0.631. The average molecular weight is 364 g/mol. The highest BCUT2D eigenvalue weighted by molar-refractivity contribution is 5.27. The Morgan fingerprint density at radius 1 is 1.00 bits per heavy atom. The molecule has 140 valence electrons. The number of aromatic nitrogens is 1. The van der Waals surface area contributed by atoms with E-state index in [4.69, 9.17) is 4.74 Å². The van der Waals surface area contributed by atoms with Crippen LogP contribution in [0, 0.1) is 5.82 Å². The Labute approximate surface area is 160 Å². The molecule has 2 atom stereocenters. The van der Waals surface area contributed by atoms with Gasteiger partial charge in [0.05, 0.1) is 23.9 Å². The second-order valence-corrected chi connectivity index (χ2v) is 6.88. The first-order chi connectivity index (χ1) is 13.1. The van der Waals surface area contributed by atoms with Gasteiger partial charge in [-0.05, 0) is 42.7 Å². The van der Waals surface area contributed by atoms with Crippen LogP contribution in [0.3, 0.4) is 0 Å². The van der Waals surface area contributed by atoms with E-state index in [2.05, 4.69) is 29.4 Å². The summed E-state index contributed by atoms with van der Waals surface area (Å²) < 4.78 is 19.8. The van der Waals surface area contributed by atoms with Crippen LogP contribution in [0.2, 0.25) is 0 Å². The summed E-state index contributed by atoms with van der Waals surface area (Å²) in [7, 11) is 1.69. The fraction of sp³-hybridized carbons (Fsp3) is 0.261. The van der Waals surface area contributed by atoms with Crippen molar-refractivity contribution in [2.75, 3.05) is 13.7 Å². The zero-order chi connectivity index (χ0) is 19.1. The zero-order valence-electron chi connectivity index (χ0n) is 15.7. The maximum Gasteiger partial charge on any atom is 0.126 e. The molecule has 3 aromatic rings. The summed E-state index contributed by atoms with van der Waals surface area (Å²) >= 11 is 0. The third-order valence-electron chi connectivity index (χ3n) is 4.76. The van der Waals surface area contributed by atoms with Gasteiger partial charge in [-0.3, -0.25) is 10.3 Å². The van der Waals surface area contributed by atoms with E-state index in [1.54, 1.807) is 19.4 Å². The summed E-state index contributed by atoms with van der Waals surface area (Å²) in [6.45, 7) is 2.57. The molecule has 0 amide bonds. The normalized spacial score (nSPS) is 14.5. The van der Waals surface area contributed by atoms with Crippen molar-refractivity contribution < 1.29 is 9.13 Å². The van der Waals surface area contributed by atoms with Crippen LogP contribution in [0.15, 0.2) is 79.0 Å². The van der Waals surface area contributed by atoms with Crippen LogP contribution in [-0.2, 0) is 16.7 Å². The molecule has 3 nitrogen and oxygen atoms in total. The molecule has 0 fully saturated rings. The molecule has 2 aromatic carbocycles. The number of benzene rings is 2. The van der Waals surface area contributed by atoms with Crippen molar-refractivity contribution in [2.45, 2.75) is 24.9 Å². The molecule has 1 N–H and O–H groups in total. The van der Waals surface area contributed by atoms with Gasteiger partial charge in [-0.2, -0.15) is 0 Å². The van der Waals surface area contributed by atoms with E-state index in [0.717, 1.165) is 11.3 Å². The van der Waals surface area contributed by atoms with E-state index in [0.29, 0.717) is 18.6 Å². The summed E-state index contributed by atoms with van der Waals surface area (Å²) in [5.41, 5.74) is 2.07. The molecule has 27 heavy (non-hydrogen) atoms. The number of nitrogens with zero attached hydrogens (tertiary/aromatic N) is 1. The lowest BCUT2D eigenvalue weighted by atomic mass is 9.87. The van der Waals surface area contributed by atoms with Crippen molar-refractivity contribution in [2.24, 2.45) is 0 Å². The van der Waals surface area contributed by atoms with Gasteiger partial charge in [0.1, 0.15) is 5.82 Å². The molecule has 0 aliphatic rings. The van der Waals surface area contributed by atoms with Crippen LogP contribution >= 0.6 is 0 Å². The Kier molecular flexibility index (Phi) is 6.32. The van der Waals surface area contributed by atoms with Gasteiger partial charge in [-0.15, -0.1) is 0 Å². The maximum absolute atomic E-state index is 14.4. The molecule has 0 saturated carbocycles. The maximum atomic E-state index is 14.4. The number of ether oxygens (including phenoxy) is 1. The van der Waals surface area contributed by atoms with Gasteiger partial charge >= 0.3 is 0 Å². The van der Waals surface area contributed by atoms with E-state index < -0.39 is 5.54 Å². The smallest absolute Gasteiger partial charge is 0.126 e. The van der Waals surface area contributed by atoms with Crippen molar-refractivity contribution in [1.82, 2.24) is 10.3 Å². The molecule has 0 saturated heterocycles. The highest BCUT2D eigenvalue weighted by atomic mass is 19.1. The Morgan fingerprint density at radius 3 is 2.37 bits per heavy atom. The van der Waals surface area contributed by atoms with Gasteiger partial charge < -0.3 is 4.74 Å². The van der Waals surface area contributed by atoms with E-state index in [9.17, 15) is 4.39 Å². The molecule has 0 bridgehead atoms. The lowest BCUT2D eigenvalue weighted by molar-refractivity contribution is 0.145. The first kappa shape index (κ1) is 19.2. The largest absolute Gasteiger partial charge is 0.383 e.